The van der Waals surface area contributed by atoms with E-state index in [4.69, 9.17) is 4.74 Å². The third-order valence-electron chi connectivity index (χ3n) is 3.43. The molecule has 18 heavy (non-hydrogen) atoms. The number of carbonyl (C=O) groups is 1. The van der Waals surface area contributed by atoms with Gasteiger partial charge in [0.1, 0.15) is 13.1 Å². The molecule has 1 aliphatic heterocycles. The Morgan fingerprint density at radius 2 is 2.11 bits per heavy atom. The second-order valence-electron chi connectivity index (χ2n) is 4.85. The predicted molar refractivity (Wildman–Crippen MR) is 70.8 cm³/mol. The maximum absolute atomic E-state index is 12.2. The molecule has 0 aliphatic carbocycles. The van der Waals surface area contributed by atoms with E-state index in [1.54, 1.807) is 0 Å². The molecule has 0 aromatic heterocycles. The highest BCUT2D eigenvalue weighted by molar-refractivity contribution is 5.93. The minimum atomic E-state index is -0.0330. The fourth-order valence-electron chi connectivity index (χ4n) is 2.23. The number of carbonyl (C=O) groups excluding carboxylic acids is 1. The third-order valence-corrected chi connectivity index (χ3v) is 3.43. The highest BCUT2D eigenvalue weighted by Crippen LogP contribution is 2.09. The number of benzene rings is 1. The molecule has 2 rings (SSSR count). The van der Waals surface area contributed by atoms with E-state index in [0.717, 1.165) is 37.6 Å². The molecule has 0 spiro atoms. The summed E-state index contributed by atoms with van der Waals surface area (Å²) in [5, 5.41) is 2.98. The molecule has 1 aromatic carbocycles. The van der Waals surface area contributed by atoms with Gasteiger partial charge >= 0.3 is 0 Å². The van der Waals surface area contributed by atoms with E-state index < -0.39 is 0 Å². The van der Waals surface area contributed by atoms with E-state index in [1.165, 1.54) is 4.90 Å². The second-order valence-corrected chi connectivity index (χ2v) is 4.85. The van der Waals surface area contributed by atoms with Crippen LogP contribution in [-0.4, -0.2) is 38.3 Å². The average Bonchev–Trinajstić information content (AvgIpc) is 2.39. The fraction of sp³-hybridized carbons (Fsp3) is 0.500. The molecule has 0 saturated carbocycles. The Balaban J connectivity index is 1.94. The Hall–Kier alpha value is -1.39. The van der Waals surface area contributed by atoms with E-state index in [2.05, 4.69) is 5.32 Å². The van der Waals surface area contributed by atoms with E-state index in [-0.39, 0.29) is 11.9 Å². The van der Waals surface area contributed by atoms with Crippen molar-refractivity contribution in [2.45, 2.75) is 19.9 Å². The summed E-state index contributed by atoms with van der Waals surface area (Å²) >= 11 is 0. The van der Waals surface area contributed by atoms with Crippen molar-refractivity contribution in [1.29, 1.82) is 0 Å². The van der Waals surface area contributed by atoms with Gasteiger partial charge in [-0.2, -0.15) is 0 Å². The molecule has 0 bridgehead atoms. The molecule has 1 saturated heterocycles. The minimum absolute atomic E-state index is 0.0330. The Kier molecular flexibility index (Phi) is 4.33. The lowest BCUT2D eigenvalue weighted by molar-refractivity contribution is -0.921. The van der Waals surface area contributed by atoms with Crippen molar-refractivity contribution in [3.8, 4) is 0 Å². The molecule has 4 nitrogen and oxygen atoms in total. The van der Waals surface area contributed by atoms with E-state index in [9.17, 15) is 4.79 Å². The van der Waals surface area contributed by atoms with Crippen LogP contribution in [0.15, 0.2) is 24.3 Å². The maximum Gasteiger partial charge on any atom is 0.282 e. The van der Waals surface area contributed by atoms with Gasteiger partial charge in [-0.3, -0.25) is 4.79 Å². The first-order valence-electron chi connectivity index (χ1n) is 6.46. The van der Waals surface area contributed by atoms with Gasteiger partial charge in [0.05, 0.1) is 13.2 Å². The topological polar surface area (TPSA) is 42.8 Å². The number of quaternary nitrogens is 1. The minimum Gasteiger partial charge on any atom is -0.370 e. The molecule has 2 N–H and O–H groups in total. The van der Waals surface area contributed by atoms with Crippen LogP contribution in [0.5, 0.6) is 0 Å². The number of amides is 1. The average molecular weight is 249 g/mol. The highest BCUT2D eigenvalue weighted by atomic mass is 16.5. The number of nitrogens with one attached hydrogen (secondary N) is 2. The first kappa shape index (κ1) is 13.1. The lowest BCUT2D eigenvalue weighted by Crippen LogP contribution is -3.18. The van der Waals surface area contributed by atoms with Gasteiger partial charge in [-0.05, 0) is 31.5 Å². The number of ether oxygens (including phenoxy) is 1. The van der Waals surface area contributed by atoms with Crippen LogP contribution in [0, 0.1) is 6.92 Å². The monoisotopic (exact) mass is 249 g/mol. The predicted octanol–water partition coefficient (Wildman–Crippen LogP) is 0.237. The van der Waals surface area contributed by atoms with Gasteiger partial charge in [-0.1, -0.05) is 12.1 Å². The molecule has 1 aromatic rings. The molecule has 1 fully saturated rings. The van der Waals surface area contributed by atoms with Crippen LogP contribution in [0.3, 0.4) is 0 Å². The number of rotatable bonds is 3. The number of hydrogen-bond donors (Lipinski definition) is 2. The zero-order valence-corrected chi connectivity index (χ0v) is 11.0. The lowest BCUT2D eigenvalue weighted by Gasteiger charge is -2.28. The summed E-state index contributed by atoms with van der Waals surface area (Å²) in [6.45, 7) is 7.30. The molecule has 1 amide bonds. The second kappa shape index (κ2) is 5.98. The first-order chi connectivity index (χ1) is 8.66. The number of morpholine rings is 1. The molecule has 98 valence electrons. The van der Waals surface area contributed by atoms with Gasteiger partial charge in [0.15, 0.2) is 6.04 Å². The largest absolute Gasteiger partial charge is 0.370 e. The third kappa shape index (κ3) is 3.31. The Morgan fingerprint density at radius 3 is 2.78 bits per heavy atom. The summed E-state index contributed by atoms with van der Waals surface area (Å²) in [5.41, 5.74) is 2.03. The van der Waals surface area contributed by atoms with Crippen LogP contribution < -0.4 is 10.2 Å². The van der Waals surface area contributed by atoms with E-state index in [1.807, 2.05) is 38.1 Å². The molecule has 1 heterocycles. The normalized spacial score (nSPS) is 18.3. The smallest absolute Gasteiger partial charge is 0.282 e. The van der Waals surface area contributed by atoms with Gasteiger partial charge in [0.2, 0.25) is 0 Å². The van der Waals surface area contributed by atoms with Gasteiger partial charge in [-0.15, -0.1) is 0 Å². The van der Waals surface area contributed by atoms with Crippen molar-refractivity contribution in [3.63, 3.8) is 0 Å². The van der Waals surface area contributed by atoms with Crippen LogP contribution in [0.2, 0.25) is 0 Å². The summed E-state index contributed by atoms with van der Waals surface area (Å²) in [6.07, 6.45) is 0. The van der Waals surface area contributed by atoms with Gasteiger partial charge in [0, 0.05) is 5.69 Å². The zero-order valence-electron chi connectivity index (χ0n) is 11.0. The molecule has 1 atom stereocenters. The Morgan fingerprint density at radius 1 is 1.39 bits per heavy atom. The van der Waals surface area contributed by atoms with Crippen molar-refractivity contribution in [1.82, 2.24) is 0 Å². The van der Waals surface area contributed by atoms with Crippen molar-refractivity contribution in [2.24, 2.45) is 0 Å². The summed E-state index contributed by atoms with van der Waals surface area (Å²) in [7, 11) is 0. The standard InChI is InChI=1S/C14H20N2O2/c1-11-4-3-5-13(10-11)15-14(17)12(2)16-6-8-18-9-7-16/h3-5,10,12H,6-9H2,1-2H3,(H,15,17)/p+1/t12-/m0/s1. The molecule has 0 unspecified atom stereocenters. The van der Waals surface area contributed by atoms with Crippen molar-refractivity contribution >= 4 is 11.6 Å². The van der Waals surface area contributed by atoms with E-state index in [0.29, 0.717) is 0 Å². The van der Waals surface area contributed by atoms with Crippen LogP contribution in [0.25, 0.3) is 0 Å². The Bertz CT molecular complexity index is 414. The summed E-state index contributed by atoms with van der Waals surface area (Å²) in [6, 6.07) is 7.85. The van der Waals surface area contributed by atoms with Gasteiger partial charge in [-0.25, -0.2) is 0 Å². The molecule has 4 heteroatoms. The number of hydrogen-bond acceptors (Lipinski definition) is 2. The molecular weight excluding hydrogens is 228 g/mol. The first-order valence-corrected chi connectivity index (χ1v) is 6.46. The lowest BCUT2D eigenvalue weighted by atomic mass is 10.2. The Labute approximate surface area is 108 Å². The van der Waals surface area contributed by atoms with Crippen molar-refractivity contribution in [2.75, 3.05) is 31.6 Å². The molecular formula is C14H21N2O2+. The summed E-state index contributed by atoms with van der Waals surface area (Å²) in [4.78, 5) is 13.4. The summed E-state index contributed by atoms with van der Waals surface area (Å²) < 4.78 is 5.31. The SMILES string of the molecule is Cc1cccc(NC(=O)[C@H](C)[NH+]2CCOCC2)c1. The van der Waals surface area contributed by atoms with Gasteiger partial charge in [0.25, 0.3) is 5.91 Å². The zero-order chi connectivity index (χ0) is 13.0. The maximum atomic E-state index is 12.2. The van der Waals surface area contributed by atoms with Crippen LogP contribution >= 0.6 is 0 Å². The van der Waals surface area contributed by atoms with Gasteiger partial charge < -0.3 is 15.0 Å². The fourth-order valence-corrected chi connectivity index (χ4v) is 2.23. The summed E-state index contributed by atoms with van der Waals surface area (Å²) in [5.74, 6) is 0.0810. The number of aryl methyl sites for hydroxylation is 1. The molecule has 0 radical (unpaired) electrons. The van der Waals surface area contributed by atoms with Crippen LogP contribution in [0.1, 0.15) is 12.5 Å². The highest BCUT2D eigenvalue weighted by Gasteiger charge is 2.26. The van der Waals surface area contributed by atoms with Crippen LogP contribution in [-0.2, 0) is 9.53 Å². The number of anilines is 1. The van der Waals surface area contributed by atoms with Crippen LogP contribution in [0.4, 0.5) is 5.69 Å². The quantitative estimate of drug-likeness (QED) is 0.806. The molecule has 1 aliphatic rings. The van der Waals surface area contributed by atoms with Crippen molar-refractivity contribution < 1.29 is 14.4 Å². The van der Waals surface area contributed by atoms with Crippen molar-refractivity contribution in [3.05, 3.63) is 29.8 Å². The van der Waals surface area contributed by atoms with E-state index >= 15 is 0 Å².